The molecule has 4 nitrogen and oxygen atoms in total. The van der Waals surface area contributed by atoms with Gasteiger partial charge in [0.25, 0.3) is 11.8 Å². The van der Waals surface area contributed by atoms with Crippen LogP contribution in [-0.2, 0) is 9.59 Å². The van der Waals surface area contributed by atoms with E-state index in [9.17, 15) is 9.59 Å². The van der Waals surface area contributed by atoms with E-state index in [2.05, 4.69) is 11.5 Å². The molecule has 0 radical (unpaired) electrons. The maximum Gasteiger partial charge on any atom is 0.278 e. The second-order valence-corrected chi connectivity index (χ2v) is 6.22. The van der Waals surface area contributed by atoms with Crippen molar-refractivity contribution in [3.63, 3.8) is 0 Å². The number of imide groups is 1. The first kappa shape index (κ1) is 15.8. The van der Waals surface area contributed by atoms with E-state index in [0.29, 0.717) is 16.3 Å². The molecule has 5 heteroatoms. The van der Waals surface area contributed by atoms with Crippen molar-refractivity contribution in [1.29, 1.82) is 0 Å². The largest absolute Gasteiger partial charge is 0.366 e. The Bertz CT molecular complexity index is 673. The lowest BCUT2D eigenvalue weighted by Crippen LogP contribution is -2.37. The van der Waals surface area contributed by atoms with Gasteiger partial charge >= 0.3 is 0 Å². The first-order valence-electron chi connectivity index (χ1n) is 7.85. The molecule has 2 aliphatic rings. The van der Waals surface area contributed by atoms with Crippen LogP contribution in [0.2, 0.25) is 5.02 Å². The number of carbonyl (C=O) groups excluding carboxylic acids is 2. The summed E-state index contributed by atoms with van der Waals surface area (Å²) in [6, 6.07) is 7.08. The fraction of sp³-hybridized carbons (Fsp3) is 0.333. The fourth-order valence-corrected chi connectivity index (χ4v) is 3.27. The van der Waals surface area contributed by atoms with Crippen LogP contribution in [0.25, 0.3) is 5.57 Å². The van der Waals surface area contributed by atoms with Crippen molar-refractivity contribution in [3.05, 3.63) is 53.2 Å². The quantitative estimate of drug-likeness (QED) is 0.629. The topological polar surface area (TPSA) is 40.6 Å². The standard InChI is InChI=1S/C18H19ClN2O2/c1-2-10-21-17(22)15(13-6-8-14(19)9-7-13)16(18(21)23)20-11-4-3-5-12-20/h2,6-9H,1,3-5,10-12H2. The molecular weight excluding hydrogens is 312 g/mol. The maximum absolute atomic E-state index is 12.8. The van der Waals surface area contributed by atoms with Gasteiger partial charge in [0.15, 0.2) is 0 Å². The molecule has 0 N–H and O–H groups in total. The Morgan fingerprint density at radius 2 is 1.70 bits per heavy atom. The number of likely N-dealkylation sites (tertiary alicyclic amines) is 1. The van der Waals surface area contributed by atoms with Gasteiger partial charge in [0.05, 0.1) is 5.57 Å². The first-order valence-corrected chi connectivity index (χ1v) is 8.23. The average molecular weight is 331 g/mol. The Labute approximate surface area is 141 Å². The smallest absolute Gasteiger partial charge is 0.278 e. The van der Waals surface area contributed by atoms with E-state index in [4.69, 9.17) is 11.6 Å². The minimum Gasteiger partial charge on any atom is -0.366 e. The zero-order valence-corrected chi connectivity index (χ0v) is 13.7. The first-order chi connectivity index (χ1) is 11.1. The van der Waals surface area contributed by atoms with Crippen molar-refractivity contribution >= 4 is 29.0 Å². The molecule has 2 heterocycles. The predicted octanol–water partition coefficient (Wildman–Crippen LogP) is 3.09. The van der Waals surface area contributed by atoms with Crippen molar-refractivity contribution in [2.24, 2.45) is 0 Å². The second-order valence-electron chi connectivity index (χ2n) is 5.79. The minimum atomic E-state index is -0.252. The van der Waals surface area contributed by atoms with Crippen LogP contribution < -0.4 is 0 Å². The van der Waals surface area contributed by atoms with Gasteiger partial charge in [-0.05, 0) is 37.0 Å². The molecule has 0 aliphatic carbocycles. The summed E-state index contributed by atoms with van der Waals surface area (Å²) in [6.45, 7) is 5.50. The third-order valence-electron chi connectivity index (χ3n) is 4.26. The highest BCUT2D eigenvalue weighted by molar-refractivity contribution is 6.36. The summed E-state index contributed by atoms with van der Waals surface area (Å²) in [5.74, 6) is -0.473. The molecule has 23 heavy (non-hydrogen) atoms. The van der Waals surface area contributed by atoms with Gasteiger partial charge in [-0.3, -0.25) is 14.5 Å². The summed E-state index contributed by atoms with van der Waals surface area (Å²) in [7, 11) is 0. The minimum absolute atomic E-state index is 0.221. The molecule has 1 saturated heterocycles. The monoisotopic (exact) mass is 330 g/mol. The van der Waals surface area contributed by atoms with E-state index in [-0.39, 0.29) is 18.4 Å². The van der Waals surface area contributed by atoms with Gasteiger partial charge in [-0.2, -0.15) is 0 Å². The maximum atomic E-state index is 12.8. The third-order valence-corrected chi connectivity index (χ3v) is 4.51. The highest BCUT2D eigenvalue weighted by Gasteiger charge is 2.41. The summed E-state index contributed by atoms with van der Waals surface area (Å²) in [4.78, 5) is 28.9. The molecule has 1 aromatic rings. The molecule has 0 saturated carbocycles. The van der Waals surface area contributed by atoms with Crippen LogP contribution in [0.3, 0.4) is 0 Å². The highest BCUT2D eigenvalue weighted by Crippen LogP contribution is 2.33. The number of nitrogens with zero attached hydrogens (tertiary/aromatic N) is 2. The molecule has 2 amide bonds. The Hall–Kier alpha value is -2.07. The van der Waals surface area contributed by atoms with E-state index < -0.39 is 0 Å². The SMILES string of the molecule is C=CCN1C(=O)C(c2ccc(Cl)cc2)=C(N2CCCCC2)C1=O. The molecule has 0 unspecified atom stereocenters. The molecular formula is C18H19ClN2O2. The van der Waals surface area contributed by atoms with Gasteiger partial charge in [0, 0.05) is 24.7 Å². The van der Waals surface area contributed by atoms with Gasteiger partial charge < -0.3 is 4.90 Å². The number of rotatable bonds is 4. The van der Waals surface area contributed by atoms with Gasteiger partial charge in [0.1, 0.15) is 5.70 Å². The van der Waals surface area contributed by atoms with Gasteiger partial charge in [-0.25, -0.2) is 0 Å². The van der Waals surface area contributed by atoms with Crippen molar-refractivity contribution in [1.82, 2.24) is 9.80 Å². The van der Waals surface area contributed by atoms with Gasteiger partial charge in [-0.15, -0.1) is 6.58 Å². The summed E-state index contributed by atoms with van der Waals surface area (Å²) < 4.78 is 0. The molecule has 0 aromatic heterocycles. The Morgan fingerprint density at radius 3 is 2.30 bits per heavy atom. The number of piperidine rings is 1. The van der Waals surface area contributed by atoms with E-state index >= 15 is 0 Å². The van der Waals surface area contributed by atoms with Crippen LogP contribution in [0.15, 0.2) is 42.6 Å². The van der Waals surface area contributed by atoms with Crippen LogP contribution in [0, 0.1) is 0 Å². The van der Waals surface area contributed by atoms with Gasteiger partial charge in [0.2, 0.25) is 0 Å². The zero-order valence-electron chi connectivity index (χ0n) is 12.9. The fourth-order valence-electron chi connectivity index (χ4n) is 3.15. The Balaban J connectivity index is 2.07. The highest BCUT2D eigenvalue weighted by atomic mass is 35.5. The predicted molar refractivity (Wildman–Crippen MR) is 90.7 cm³/mol. The van der Waals surface area contributed by atoms with Crippen molar-refractivity contribution < 1.29 is 9.59 Å². The number of halogens is 1. The van der Waals surface area contributed by atoms with Crippen LogP contribution in [0.5, 0.6) is 0 Å². The lowest BCUT2D eigenvalue weighted by Gasteiger charge is -2.29. The summed E-state index contributed by atoms with van der Waals surface area (Å²) in [5.41, 5.74) is 1.74. The molecule has 0 bridgehead atoms. The molecule has 1 aromatic carbocycles. The average Bonchev–Trinajstić information content (AvgIpc) is 2.81. The molecule has 0 atom stereocenters. The number of amides is 2. The van der Waals surface area contributed by atoms with Crippen LogP contribution in [0.4, 0.5) is 0 Å². The van der Waals surface area contributed by atoms with Crippen molar-refractivity contribution in [2.45, 2.75) is 19.3 Å². The number of hydrogen-bond acceptors (Lipinski definition) is 3. The summed E-state index contributed by atoms with van der Waals surface area (Å²) in [5, 5.41) is 0.605. The lowest BCUT2D eigenvalue weighted by atomic mass is 10.0. The van der Waals surface area contributed by atoms with E-state index in [1.807, 2.05) is 0 Å². The van der Waals surface area contributed by atoms with Crippen LogP contribution in [-0.4, -0.2) is 41.2 Å². The van der Waals surface area contributed by atoms with Gasteiger partial charge in [-0.1, -0.05) is 29.8 Å². The Kier molecular flexibility index (Phi) is 4.53. The molecule has 2 aliphatic heterocycles. The molecule has 3 rings (SSSR count). The van der Waals surface area contributed by atoms with E-state index in [1.54, 1.807) is 30.3 Å². The van der Waals surface area contributed by atoms with Crippen molar-refractivity contribution in [2.75, 3.05) is 19.6 Å². The molecule has 1 fully saturated rings. The normalized spacial score (nSPS) is 18.8. The third kappa shape index (κ3) is 2.91. The van der Waals surface area contributed by atoms with Crippen LogP contribution >= 0.6 is 11.6 Å². The number of benzene rings is 1. The second kappa shape index (κ2) is 6.59. The molecule has 120 valence electrons. The Morgan fingerprint density at radius 1 is 1.04 bits per heavy atom. The van der Waals surface area contributed by atoms with Crippen LogP contribution in [0.1, 0.15) is 24.8 Å². The summed E-state index contributed by atoms with van der Waals surface area (Å²) in [6.07, 6.45) is 4.83. The lowest BCUT2D eigenvalue weighted by molar-refractivity contribution is -0.136. The van der Waals surface area contributed by atoms with Crippen molar-refractivity contribution in [3.8, 4) is 0 Å². The number of hydrogen-bond donors (Lipinski definition) is 0. The summed E-state index contributed by atoms with van der Waals surface area (Å²) >= 11 is 5.94. The number of carbonyl (C=O) groups is 2. The van der Waals surface area contributed by atoms with E-state index in [0.717, 1.165) is 31.5 Å². The zero-order chi connectivity index (χ0) is 16.4. The van der Waals surface area contributed by atoms with E-state index in [1.165, 1.54) is 11.3 Å². The molecule has 0 spiro atoms.